The average molecular weight is 329 g/mol. The normalized spacial score (nSPS) is 11.9. The fourth-order valence-electron chi connectivity index (χ4n) is 1.59. The van der Waals surface area contributed by atoms with Crippen molar-refractivity contribution in [3.63, 3.8) is 0 Å². The lowest BCUT2D eigenvalue weighted by atomic mass is 10.3. The molecule has 0 bridgehead atoms. The zero-order valence-electron chi connectivity index (χ0n) is 12.0. The number of anilines is 1. The van der Waals surface area contributed by atoms with Gasteiger partial charge >= 0.3 is 0 Å². The van der Waals surface area contributed by atoms with E-state index in [1.54, 1.807) is 13.0 Å². The Morgan fingerprint density at radius 2 is 2.05 bits per heavy atom. The average Bonchev–Trinajstić information content (AvgIpc) is 2.95. The van der Waals surface area contributed by atoms with Crippen LogP contribution in [0.5, 0.6) is 0 Å². The molecule has 2 rings (SSSR count). The minimum absolute atomic E-state index is 0.128. The first kappa shape index (κ1) is 15.7. The molecule has 7 nitrogen and oxygen atoms in total. The maximum absolute atomic E-state index is 12.0. The highest BCUT2D eigenvalue weighted by Gasteiger charge is 2.23. The molecule has 1 amide bonds. The van der Waals surface area contributed by atoms with Crippen molar-refractivity contribution < 1.29 is 17.6 Å². The first-order valence-electron chi connectivity index (χ1n) is 5.99. The predicted molar refractivity (Wildman–Crippen MR) is 79.7 cm³/mol. The van der Waals surface area contributed by atoms with Crippen LogP contribution in [0.1, 0.15) is 12.6 Å². The molecule has 9 heteroatoms. The van der Waals surface area contributed by atoms with E-state index in [1.807, 2.05) is 0 Å². The number of rotatable bonds is 4. The summed E-state index contributed by atoms with van der Waals surface area (Å²) in [5.41, 5.74) is 0.659. The van der Waals surface area contributed by atoms with Gasteiger partial charge in [-0.1, -0.05) is 11.3 Å². The number of sulfonamides is 1. The van der Waals surface area contributed by atoms with Gasteiger partial charge in [0.1, 0.15) is 5.76 Å². The van der Waals surface area contributed by atoms with Gasteiger partial charge < -0.3 is 9.73 Å². The topological polar surface area (TPSA) is 92.5 Å². The SMILES string of the molecule is CC(=O)Nc1nc(C)c(-c2ccc(S(=O)(=O)N(C)C)o2)s1. The van der Waals surface area contributed by atoms with E-state index < -0.39 is 10.0 Å². The molecular weight excluding hydrogens is 314 g/mol. The number of aryl methyl sites for hydroxylation is 1. The van der Waals surface area contributed by atoms with Gasteiger partial charge in [0.2, 0.25) is 11.0 Å². The summed E-state index contributed by atoms with van der Waals surface area (Å²) < 4.78 is 30.5. The molecule has 0 saturated heterocycles. The molecule has 0 spiro atoms. The lowest BCUT2D eigenvalue weighted by Gasteiger charge is -2.07. The Morgan fingerprint density at radius 3 is 2.62 bits per heavy atom. The Morgan fingerprint density at radius 1 is 1.38 bits per heavy atom. The van der Waals surface area contributed by atoms with Crippen LogP contribution in [-0.4, -0.2) is 37.7 Å². The largest absolute Gasteiger partial charge is 0.442 e. The maximum atomic E-state index is 12.0. The van der Waals surface area contributed by atoms with Crippen LogP contribution in [0.4, 0.5) is 5.13 Å². The van der Waals surface area contributed by atoms with E-state index in [1.165, 1.54) is 38.4 Å². The summed E-state index contributed by atoms with van der Waals surface area (Å²) in [7, 11) is -0.738. The fraction of sp³-hybridized carbons (Fsp3) is 0.333. The van der Waals surface area contributed by atoms with Crippen LogP contribution in [0, 0.1) is 6.92 Å². The van der Waals surface area contributed by atoms with Crippen LogP contribution < -0.4 is 5.32 Å². The summed E-state index contributed by atoms with van der Waals surface area (Å²) in [6.45, 7) is 3.16. The Labute approximate surface area is 126 Å². The monoisotopic (exact) mass is 329 g/mol. The molecule has 0 aliphatic rings. The van der Waals surface area contributed by atoms with Crippen LogP contribution in [0.2, 0.25) is 0 Å². The third-order valence-corrected chi connectivity index (χ3v) is 5.40. The highest BCUT2D eigenvalue weighted by atomic mass is 32.2. The number of amides is 1. The number of hydrogen-bond acceptors (Lipinski definition) is 6. The molecular formula is C12H15N3O4S2. The quantitative estimate of drug-likeness (QED) is 0.925. The van der Waals surface area contributed by atoms with E-state index >= 15 is 0 Å². The van der Waals surface area contributed by atoms with Crippen molar-refractivity contribution >= 4 is 32.4 Å². The molecule has 2 aromatic heterocycles. The molecule has 0 aromatic carbocycles. The van der Waals surface area contributed by atoms with Gasteiger partial charge in [0, 0.05) is 21.0 Å². The number of carbonyl (C=O) groups is 1. The Hall–Kier alpha value is -1.71. The molecule has 0 fully saturated rings. The van der Waals surface area contributed by atoms with Crippen LogP contribution in [0.15, 0.2) is 21.6 Å². The van der Waals surface area contributed by atoms with Gasteiger partial charge in [0.15, 0.2) is 5.13 Å². The molecule has 0 radical (unpaired) electrons. The summed E-state index contributed by atoms with van der Waals surface area (Å²) in [4.78, 5) is 15.9. The van der Waals surface area contributed by atoms with Crippen molar-refractivity contribution in [2.75, 3.05) is 19.4 Å². The van der Waals surface area contributed by atoms with E-state index in [-0.39, 0.29) is 11.0 Å². The molecule has 0 unspecified atom stereocenters. The van der Waals surface area contributed by atoms with E-state index in [0.717, 1.165) is 4.31 Å². The van der Waals surface area contributed by atoms with Crippen LogP contribution in [0.3, 0.4) is 0 Å². The van der Waals surface area contributed by atoms with Gasteiger partial charge in [0.25, 0.3) is 10.0 Å². The van der Waals surface area contributed by atoms with Gasteiger partial charge in [-0.15, -0.1) is 0 Å². The molecule has 1 N–H and O–H groups in total. The number of furan rings is 1. The van der Waals surface area contributed by atoms with Crippen molar-refractivity contribution in [2.24, 2.45) is 0 Å². The third kappa shape index (κ3) is 3.14. The van der Waals surface area contributed by atoms with E-state index in [0.29, 0.717) is 21.5 Å². The number of nitrogens with zero attached hydrogens (tertiary/aromatic N) is 2. The minimum Gasteiger partial charge on any atom is -0.442 e. The molecule has 2 aromatic rings. The Balaban J connectivity index is 2.39. The smallest absolute Gasteiger partial charge is 0.275 e. The van der Waals surface area contributed by atoms with Gasteiger partial charge in [-0.3, -0.25) is 4.79 Å². The van der Waals surface area contributed by atoms with Crippen molar-refractivity contribution in [2.45, 2.75) is 18.9 Å². The molecule has 0 saturated carbocycles. The number of nitrogens with one attached hydrogen (secondary N) is 1. The van der Waals surface area contributed by atoms with E-state index in [9.17, 15) is 13.2 Å². The van der Waals surface area contributed by atoms with Gasteiger partial charge in [-0.25, -0.2) is 17.7 Å². The van der Waals surface area contributed by atoms with Gasteiger partial charge in [-0.2, -0.15) is 0 Å². The van der Waals surface area contributed by atoms with Crippen LogP contribution in [0.25, 0.3) is 10.6 Å². The maximum Gasteiger partial charge on any atom is 0.275 e. The molecule has 114 valence electrons. The van der Waals surface area contributed by atoms with Crippen molar-refractivity contribution in [1.29, 1.82) is 0 Å². The number of hydrogen-bond donors (Lipinski definition) is 1. The second kappa shape index (κ2) is 5.58. The summed E-state index contributed by atoms with van der Waals surface area (Å²) in [6.07, 6.45) is 0. The van der Waals surface area contributed by atoms with Crippen LogP contribution in [-0.2, 0) is 14.8 Å². The summed E-state index contributed by atoms with van der Waals surface area (Å²) in [5.74, 6) is 0.188. The standard InChI is InChI=1S/C12H15N3O4S2/c1-7-11(20-12(13-7)14-8(2)16)9-5-6-10(19-9)21(17,18)15(3)4/h5-6H,1-4H3,(H,13,14,16). The van der Waals surface area contributed by atoms with Gasteiger partial charge in [-0.05, 0) is 19.1 Å². The summed E-state index contributed by atoms with van der Waals surface area (Å²) >= 11 is 1.23. The lowest BCUT2D eigenvalue weighted by Crippen LogP contribution is -2.21. The molecule has 2 heterocycles. The first-order valence-corrected chi connectivity index (χ1v) is 8.25. The second-order valence-electron chi connectivity index (χ2n) is 4.52. The zero-order valence-corrected chi connectivity index (χ0v) is 13.6. The Bertz CT molecular complexity index is 774. The van der Waals surface area contributed by atoms with Crippen LogP contribution >= 0.6 is 11.3 Å². The molecule has 21 heavy (non-hydrogen) atoms. The minimum atomic E-state index is -3.61. The molecule has 0 aliphatic carbocycles. The highest BCUT2D eigenvalue weighted by Crippen LogP contribution is 2.34. The third-order valence-electron chi connectivity index (χ3n) is 2.62. The zero-order chi connectivity index (χ0) is 15.8. The summed E-state index contributed by atoms with van der Waals surface area (Å²) in [6, 6.07) is 2.98. The molecule has 0 aliphatic heterocycles. The van der Waals surface area contributed by atoms with E-state index in [4.69, 9.17) is 4.42 Å². The fourth-order valence-corrected chi connectivity index (χ4v) is 3.36. The van der Waals surface area contributed by atoms with Gasteiger partial charge in [0.05, 0.1) is 10.6 Å². The Kier molecular flexibility index (Phi) is 4.17. The summed E-state index contributed by atoms with van der Waals surface area (Å²) in [5, 5.41) is 2.91. The highest BCUT2D eigenvalue weighted by molar-refractivity contribution is 7.88. The van der Waals surface area contributed by atoms with Crippen molar-refractivity contribution in [1.82, 2.24) is 9.29 Å². The van der Waals surface area contributed by atoms with Crippen molar-refractivity contribution in [3.8, 4) is 10.6 Å². The van der Waals surface area contributed by atoms with Crippen molar-refractivity contribution in [3.05, 3.63) is 17.8 Å². The second-order valence-corrected chi connectivity index (χ2v) is 7.60. The molecule has 0 atom stereocenters. The first-order chi connectivity index (χ1) is 9.71. The van der Waals surface area contributed by atoms with E-state index in [2.05, 4.69) is 10.3 Å². The number of carbonyl (C=O) groups excluding carboxylic acids is 1. The predicted octanol–water partition coefficient (Wildman–Crippen LogP) is 1.92. The number of aromatic nitrogens is 1. The lowest BCUT2D eigenvalue weighted by molar-refractivity contribution is -0.114. The number of thiazole rings is 1.